The molecule has 0 atom stereocenters. The van der Waals surface area contributed by atoms with Crippen LogP contribution < -0.4 is 4.74 Å². The largest absolute Gasteiger partial charge is 0.496 e. The quantitative estimate of drug-likeness (QED) is 0.686. The average Bonchev–Trinajstić information content (AvgIpc) is 2.31. The van der Waals surface area contributed by atoms with E-state index in [1.54, 1.807) is 13.3 Å². The van der Waals surface area contributed by atoms with E-state index < -0.39 is 0 Å². The van der Waals surface area contributed by atoms with Gasteiger partial charge in [-0.3, -0.25) is 4.98 Å². The number of benzene rings is 1. The molecule has 0 saturated carbocycles. The lowest BCUT2D eigenvalue weighted by Gasteiger charge is -2.02. The van der Waals surface area contributed by atoms with Crippen LogP contribution >= 0.6 is 0 Å². The number of methoxy groups -OCH3 is 1. The molecule has 0 spiro atoms. The Morgan fingerprint density at radius 3 is 2.64 bits per heavy atom. The number of rotatable bonds is 1. The number of pyridine rings is 1. The van der Waals surface area contributed by atoms with Crippen molar-refractivity contribution in [2.24, 2.45) is 0 Å². The Labute approximate surface area is 84.5 Å². The summed E-state index contributed by atoms with van der Waals surface area (Å²) in [6.07, 6.45) is 3.60. The number of nitrogens with zero attached hydrogens (tertiary/aromatic N) is 1. The Morgan fingerprint density at radius 2 is 1.93 bits per heavy atom. The minimum Gasteiger partial charge on any atom is -0.496 e. The van der Waals surface area contributed by atoms with Gasteiger partial charge in [0.25, 0.3) is 0 Å². The first-order valence-electron chi connectivity index (χ1n) is 4.78. The smallest absolute Gasteiger partial charge is 0.126 e. The van der Waals surface area contributed by atoms with Gasteiger partial charge in [-0.1, -0.05) is 26.0 Å². The van der Waals surface area contributed by atoms with E-state index in [2.05, 4.69) is 4.98 Å². The predicted octanol–water partition coefficient (Wildman–Crippen LogP) is 3.27. The van der Waals surface area contributed by atoms with Crippen molar-refractivity contribution in [3.8, 4) is 5.75 Å². The third-order valence-corrected chi connectivity index (χ3v) is 1.86. The van der Waals surface area contributed by atoms with Crippen LogP contribution in [-0.2, 0) is 0 Å². The molecule has 0 amide bonds. The highest BCUT2D eigenvalue weighted by molar-refractivity contribution is 5.87. The predicted molar refractivity (Wildman–Crippen MR) is 59.6 cm³/mol. The third-order valence-electron chi connectivity index (χ3n) is 1.86. The highest BCUT2D eigenvalue weighted by Gasteiger charge is 1.97. The van der Waals surface area contributed by atoms with Crippen molar-refractivity contribution in [2.45, 2.75) is 13.8 Å². The van der Waals surface area contributed by atoms with Crippen molar-refractivity contribution in [2.75, 3.05) is 7.11 Å². The van der Waals surface area contributed by atoms with Gasteiger partial charge in [-0.15, -0.1) is 0 Å². The molecule has 0 unspecified atom stereocenters. The molecule has 2 nitrogen and oxygen atoms in total. The monoisotopic (exact) mass is 189 g/mol. The van der Waals surface area contributed by atoms with Crippen LogP contribution in [0.5, 0.6) is 5.75 Å². The van der Waals surface area contributed by atoms with Gasteiger partial charge in [0.15, 0.2) is 0 Å². The summed E-state index contributed by atoms with van der Waals surface area (Å²) >= 11 is 0. The molecule has 0 fully saturated rings. The van der Waals surface area contributed by atoms with Gasteiger partial charge in [-0.05, 0) is 12.1 Å². The topological polar surface area (TPSA) is 22.1 Å². The fourth-order valence-corrected chi connectivity index (χ4v) is 1.27. The molecular formula is C12H15NO. The second-order valence-corrected chi connectivity index (χ2v) is 2.56. The summed E-state index contributed by atoms with van der Waals surface area (Å²) in [5.74, 6) is 0.898. The fraction of sp³-hybridized carbons (Fsp3) is 0.250. The van der Waals surface area contributed by atoms with E-state index >= 15 is 0 Å². The number of aromatic nitrogens is 1. The minimum atomic E-state index is 0.898. The Kier molecular flexibility index (Phi) is 3.92. The van der Waals surface area contributed by atoms with Crippen LogP contribution in [0.15, 0.2) is 36.7 Å². The summed E-state index contributed by atoms with van der Waals surface area (Å²) in [7, 11) is 1.68. The van der Waals surface area contributed by atoms with E-state index in [1.807, 2.05) is 44.3 Å². The van der Waals surface area contributed by atoms with E-state index in [-0.39, 0.29) is 0 Å². The first-order valence-corrected chi connectivity index (χ1v) is 4.78. The summed E-state index contributed by atoms with van der Waals surface area (Å²) < 4.78 is 5.20. The van der Waals surface area contributed by atoms with Crippen LogP contribution in [0.25, 0.3) is 10.8 Å². The fourth-order valence-electron chi connectivity index (χ4n) is 1.27. The first kappa shape index (κ1) is 10.5. The second-order valence-electron chi connectivity index (χ2n) is 2.56. The van der Waals surface area contributed by atoms with E-state index in [0.717, 1.165) is 16.5 Å². The Bertz CT molecular complexity index is 393. The van der Waals surface area contributed by atoms with E-state index in [9.17, 15) is 0 Å². The van der Waals surface area contributed by atoms with E-state index in [1.165, 1.54) is 0 Å². The molecule has 1 aromatic heterocycles. The van der Waals surface area contributed by atoms with Crippen molar-refractivity contribution in [1.82, 2.24) is 4.98 Å². The standard InChI is InChI=1S/C10H9NO.C2H6/c1-12-10-4-2-3-8-7-11-6-5-9(8)10;1-2/h2-7H,1H3;1-2H3. The summed E-state index contributed by atoms with van der Waals surface area (Å²) in [5.41, 5.74) is 0. The van der Waals surface area contributed by atoms with Gasteiger partial charge in [0.1, 0.15) is 5.75 Å². The molecule has 1 aromatic carbocycles. The molecule has 0 bridgehead atoms. The van der Waals surface area contributed by atoms with Crippen LogP contribution in [0.1, 0.15) is 13.8 Å². The molecule has 0 aliphatic rings. The highest BCUT2D eigenvalue weighted by atomic mass is 16.5. The normalized spacial score (nSPS) is 9.07. The van der Waals surface area contributed by atoms with Gasteiger partial charge in [-0.2, -0.15) is 0 Å². The summed E-state index contributed by atoms with van der Waals surface area (Å²) in [5, 5.41) is 2.21. The van der Waals surface area contributed by atoms with Gasteiger partial charge < -0.3 is 4.74 Å². The molecule has 2 heteroatoms. The lowest BCUT2D eigenvalue weighted by atomic mass is 10.2. The van der Waals surface area contributed by atoms with E-state index in [4.69, 9.17) is 4.74 Å². The zero-order valence-electron chi connectivity index (χ0n) is 8.82. The van der Waals surface area contributed by atoms with Gasteiger partial charge in [0.2, 0.25) is 0 Å². The highest BCUT2D eigenvalue weighted by Crippen LogP contribution is 2.23. The van der Waals surface area contributed by atoms with Crippen LogP contribution in [0.3, 0.4) is 0 Å². The number of hydrogen-bond donors (Lipinski definition) is 0. The van der Waals surface area contributed by atoms with Crippen molar-refractivity contribution in [3.63, 3.8) is 0 Å². The van der Waals surface area contributed by atoms with Gasteiger partial charge in [0.05, 0.1) is 7.11 Å². The van der Waals surface area contributed by atoms with Crippen molar-refractivity contribution >= 4 is 10.8 Å². The summed E-state index contributed by atoms with van der Waals surface area (Å²) in [4.78, 5) is 4.03. The van der Waals surface area contributed by atoms with Crippen LogP contribution in [-0.4, -0.2) is 12.1 Å². The zero-order chi connectivity index (χ0) is 10.4. The molecule has 0 aliphatic heterocycles. The summed E-state index contributed by atoms with van der Waals surface area (Å²) in [6, 6.07) is 7.88. The average molecular weight is 189 g/mol. The molecule has 0 N–H and O–H groups in total. The minimum absolute atomic E-state index is 0.898. The molecule has 74 valence electrons. The number of hydrogen-bond acceptors (Lipinski definition) is 2. The molecule has 14 heavy (non-hydrogen) atoms. The molecular weight excluding hydrogens is 174 g/mol. The Hall–Kier alpha value is -1.57. The second kappa shape index (κ2) is 5.22. The maximum atomic E-state index is 5.20. The maximum Gasteiger partial charge on any atom is 0.126 e. The maximum absolute atomic E-state index is 5.20. The van der Waals surface area contributed by atoms with Crippen LogP contribution in [0.4, 0.5) is 0 Å². The number of ether oxygens (including phenoxy) is 1. The molecule has 2 rings (SSSR count). The van der Waals surface area contributed by atoms with E-state index in [0.29, 0.717) is 0 Å². The van der Waals surface area contributed by atoms with Crippen LogP contribution in [0.2, 0.25) is 0 Å². The van der Waals surface area contributed by atoms with Gasteiger partial charge in [-0.25, -0.2) is 0 Å². The molecule has 0 aliphatic carbocycles. The van der Waals surface area contributed by atoms with Crippen LogP contribution in [0, 0.1) is 0 Å². The summed E-state index contributed by atoms with van der Waals surface area (Å²) in [6.45, 7) is 4.00. The van der Waals surface area contributed by atoms with Crippen molar-refractivity contribution in [1.29, 1.82) is 0 Å². The Balaban J connectivity index is 0.000000461. The van der Waals surface area contributed by atoms with Crippen molar-refractivity contribution < 1.29 is 4.74 Å². The SMILES string of the molecule is CC.COc1cccc2cnccc12. The lowest BCUT2D eigenvalue weighted by Crippen LogP contribution is -1.84. The van der Waals surface area contributed by atoms with Gasteiger partial charge >= 0.3 is 0 Å². The molecule has 0 saturated heterocycles. The Morgan fingerprint density at radius 1 is 1.14 bits per heavy atom. The molecule has 0 radical (unpaired) electrons. The zero-order valence-corrected chi connectivity index (χ0v) is 8.82. The van der Waals surface area contributed by atoms with Gasteiger partial charge in [0, 0.05) is 23.2 Å². The first-order chi connectivity index (χ1) is 6.92. The lowest BCUT2D eigenvalue weighted by molar-refractivity contribution is 0.420. The number of fused-ring (bicyclic) bond motifs is 1. The molecule has 2 aromatic rings. The third kappa shape index (κ3) is 2.02. The molecule has 1 heterocycles. The van der Waals surface area contributed by atoms with Crippen molar-refractivity contribution in [3.05, 3.63) is 36.7 Å².